The average Bonchev–Trinajstić information content (AvgIpc) is 2.81. The minimum Gasteiger partial charge on any atom is -0.372 e. The highest BCUT2D eigenvalue weighted by atomic mass is 79.9. The second-order valence-corrected chi connectivity index (χ2v) is 10.8. The van der Waals surface area contributed by atoms with Crippen LogP contribution in [0.5, 0.6) is 0 Å². The molecule has 1 aliphatic carbocycles. The van der Waals surface area contributed by atoms with Crippen LogP contribution in [0.3, 0.4) is 0 Å². The molecule has 9 heteroatoms. The van der Waals surface area contributed by atoms with Crippen molar-refractivity contribution in [2.24, 2.45) is 11.8 Å². The van der Waals surface area contributed by atoms with Gasteiger partial charge in [-0.2, -0.15) is 4.98 Å². The van der Waals surface area contributed by atoms with E-state index in [9.17, 15) is 8.42 Å². The van der Waals surface area contributed by atoms with Crippen LogP contribution in [0.15, 0.2) is 57.9 Å². The summed E-state index contributed by atoms with van der Waals surface area (Å²) in [7, 11) is -1.64. The lowest BCUT2D eigenvalue weighted by molar-refractivity contribution is 0.284. The van der Waals surface area contributed by atoms with Gasteiger partial charge in [0.1, 0.15) is 5.82 Å². The topological polar surface area (TPSA) is 96.0 Å². The van der Waals surface area contributed by atoms with Gasteiger partial charge < -0.3 is 10.6 Å². The summed E-state index contributed by atoms with van der Waals surface area (Å²) in [5.41, 5.74) is 0.912. The number of fused-ring (bicyclic) bond motifs is 1. The van der Waals surface area contributed by atoms with E-state index in [1.807, 2.05) is 31.3 Å². The van der Waals surface area contributed by atoms with Crippen molar-refractivity contribution in [2.75, 3.05) is 30.8 Å². The van der Waals surface area contributed by atoms with Gasteiger partial charge in [0.15, 0.2) is 0 Å². The van der Waals surface area contributed by atoms with Crippen LogP contribution in [-0.4, -0.2) is 38.5 Å². The molecule has 1 heterocycles. The number of aromatic nitrogens is 2. The molecule has 0 amide bonds. The molecule has 7 nitrogen and oxygen atoms in total. The van der Waals surface area contributed by atoms with Crippen molar-refractivity contribution in [3.8, 4) is 0 Å². The molecule has 0 aliphatic heterocycles. The van der Waals surface area contributed by atoms with E-state index >= 15 is 0 Å². The second kappa shape index (κ2) is 10.1. The third-order valence-electron chi connectivity index (χ3n) is 6.04. The van der Waals surface area contributed by atoms with Gasteiger partial charge in [-0.25, -0.2) is 18.1 Å². The lowest BCUT2D eigenvalue weighted by Crippen LogP contribution is -2.32. The predicted octanol–water partition coefficient (Wildman–Crippen LogP) is 4.63. The number of hydrogen-bond acceptors (Lipinski definition) is 6. The minimum absolute atomic E-state index is 0.286. The van der Waals surface area contributed by atoms with Gasteiger partial charge in [0, 0.05) is 30.0 Å². The highest BCUT2D eigenvalue weighted by molar-refractivity contribution is 9.10. The largest absolute Gasteiger partial charge is 0.372 e. The van der Waals surface area contributed by atoms with E-state index in [0.717, 1.165) is 48.9 Å². The summed E-state index contributed by atoms with van der Waals surface area (Å²) < 4.78 is 28.6. The SMILES string of the molecule is CNc1nc(NCC2CCC(CNS(=O)(=O)c3ccccc3Br)CC2)nc2ccccc12. The van der Waals surface area contributed by atoms with E-state index in [2.05, 4.69) is 41.3 Å². The summed E-state index contributed by atoms with van der Waals surface area (Å²) in [6, 6.07) is 14.9. The van der Waals surface area contributed by atoms with Gasteiger partial charge in [-0.1, -0.05) is 24.3 Å². The van der Waals surface area contributed by atoms with Crippen molar-refractivity contribution in [3.05, 3.63) is 53.0 Å². The van der Waals surface area contributed by atoms with Crippen molar-refractivity contribution in [3.63, 3.8) is 0 Å². The number of sulfonamides is 1. The predicted molar refractivity (Wildman–Crippen MR) is 132 cm³/mol. The normalized spacial score (nSPS) is 19.1. The van der Waals surface area contributed by atoms with Crippen LogP contribution < -0.4 is 15.4 Å². The Morgan fingerprint density at radius 2 is 1.59 bits per heavy atom. The van der Waals surface area contributed by atoms with Crippen LogP contribution in [0.4, 0.5) is 11.8 Å². The molecular formula is C23H28BrN5O2S. The number of nitrogens with zero attached hydrogens (tertiary/aromatic N) is 2. The highest BCUT2D eigenvalue weighted by Crippen LogP contribution is 2.30. The Balaban J connectivity index is 1.27. The molecule has 1 aliphatic rings. The molecule has 0 saturated heterocycles. The Bertz CT molecular complexity index is 1180. The first-order valence-electron chi connectivity index (χ1n) is 10.9. The Hall–Kier alpha value is -2.23. The summed E-state index contributed by atoms with van der Waals surface area (Å²) in [5, 5.41) is 7.55. The average molecular weight is 518 g/mol. The van der Waals surface area contributed by atoms with Crippen molar-refractivity contribution in [1.82, 2.24) is 14.7 Å². The Morgan fingerprint density at radius 1 is 0.938 bits per heavy atom. The molecular weight excluding hydrogens is 490 g/mol. The zero-order valence-electron chi connectivity index (χ0n) is 18.0. The maximum atomic E-state index is 12.6. The lowest BCUT2D eigenvalue weighted by Gasteiger charge is -2.28. The van der Waals surface area contributed by atoms with E-state index in [1.165, 1.54) is 0 Å². The summed E-state index contributed by atoms with van der Waals surface area (Å²) >= 11 is 3.32. The molecule has 1 fully saturated rings. The molecule has 0 bridgehead atoms. The molecule has 2 aromatic carbocycles. The second-order valence-electron chi connectivity index (χ2n) is 8.21. The van der Waals surface area contributed by atoms with Crippen LogP contribution >= 0.6 is 15.9 Å². The third kappa shape index (κ3) is 5.39. The Labute approximate surface area is 197 Å². The number of rotatable bonds is 8. The summed E-state index contributed by atoms with van der Waals surface area (Å²) in [5.74, 6) is 2.34. The summed E-state index contributed by atoms with van der Waals surface area (Å²) in [6.45, 7) is 1.29. The molecule has 1 saturated carbocycles. The van der Waals surface area contributed by atoms with E-state index in [-0.39, 0.29) is 4.90 Å². The van der Waals surface area contributed by atoms with E-state index in [4.69, 9.17) is 0 Å². The van der Waals surface area contributed by atoms with Gasteiger partial charge in [0.25, 0.3) is 0 Å². The van der Waals surface area contributed by atoms with Crippen LogP contribution in [-0.2, 0) is 10.0 Å². The molecule has 0 unspecified atom stereocenters. The Kier molecular flexibility index (Phi) is 7.27. The molecule has 3 aromatic rings. The molecule has 0 radical (unpaired) electrons. The zero-order valence-corrected chi connectivity index (χ0v) is 20.4. The van der Waals surface area contributed by atoms with Gasteiger partial charge in [-0.15, -0.1) is 0 Å². The summed E-state index contributed by atoms with van der Waals surface area (Å²) in [6.07, 6.45) is 4.12. The number of anilines is 2. The number of halogens is 1. The van der Waals surface area contributed by atoms with Gasteiger partial charge in [-0.05, 0) is 77.7 Å². The molecule has 1 aromatic heterocycles. The first-order chi connectivity index (χ1) is 15.5. The highest BCUT2D eigenvalue weighted by Gasteiger charge is 2.24. The lowest BCUT2D eigenvalue weighted by atomic mass is 9.82. The molecule has 0 atom stereocenters. The third-order valence-corrected chi connectivity index (χ3v) is 8.48. The van der Waals surface area contributed by atoms with Gasteiger partial charge >= 0.3 is 0 Å². The minimum atomic E-state index is -3.51. The Morgan fingerprint density at radius 3 is 2.31 bits per heavy atom. The van der Waals surface area contributed by atoms with E-state index in [0.29, 0.717) is 28.8 Å². The molecule has 170 valence electrons. The van der Waals surface area contributed by atoms with Crippen LogP contribution in [0.25, 0.3) is 10.9 Å². The summed E-state index contributed by atoms with van der Waals surface area (Å²) in [4.78, 5) is 9.52. The zero-order chi connectivity index (χ0) is 22.6. The first-order valence-corrected chi connectivity index (χ1v) is 13.2. The fourth-order valence-electron chi connectivity index (χ4n) is 4.19. The fourth-order valence-corrected chi connectivity index (χ4v) is 6.31. The smallest absolute Gasteiger partial charge is 0.241 e. The monoisotopic (exact) mass is 517 g/mol. The quantitative estimate of drug-likeness (QED) is 0.403. The standard InChI is InChI=1S/C23H28BrN5O2S/c1-25-22-18-6-2-4-8-20(18)28-23(29-22)26-14-16-10-12-17(13-11-16)15-27-32(30,31)21-9-5-3-7-19(21)24/h2-9,16-17,27H,10-15H2,1H3,(H2,25,26,28,29). The molecule has 4 rings (SSSR count). The van der Waals surface area contributed by atoms with Crippen LogP contribution in [0.2, 0.25) is 0 Å². The van der Waals surface area contributed by atoms with Crippen molar-refractivity contribution < 1.29 is 8.42 Å². The molecule has 3 N–H and O–H groups in total. The van der Waals surface area contributed by atoms with Gasteiger partial charge in [0.2, 0.25) is 16.0 Å². The molecule has 0 spiro atoms. The van der Waals surface area contributed by atoms with Crippen molar-refractivity contribution in [1.29, 1.82) is 0 Å². The maximum Gasteiger partial charge on any atom is 0.241 e. The number of hydrogen-bond donors (Lipinski definition) is 3. The van der Waals surface area contributed by atoms with E-state index in [1.54, 1.807) is 24.3 Å². The fraction of sp³-hybridized carbons (Fsp3) is 0.391. The van der Waals surface area contributed by atoms with Crippen molar-refractivity contribution in [2.45, 2.75) is 30.6 Å². The number of nitrogens with one attached hydrogen (secondary N) is 3. The maximum absolute atomic E-state index is 12.6. The van der Waals surface area contributed by atoms with Crippen LogP contribution in [0.1, 0.15) is 25.7 Å². The molecule has 32 heavy (non-hydrogen) atoms. The van der Waals surface area contributed by atoms with Crippen molar-refractivity contribution >= 4 is 48.6 Å². The van der Waals surface area contributed by atoms with Gasteiger partial charge in [-0.3, -0.25) is 0 Å². The van der Waals surface area contributed by atoms with E-state index < -0.39 is 10.0 Å². The van der Waals surface area contributed by atoms with Gasteiger partial charge in [0.05, 0.1) is 10.4 Å². The van der Waals surface area contributed by atoms with Crippen LogP contribution in [0, 0.1) is 11.8 Å². The number of para-hydroxylation sites is 1. The first kappa shape index (κ1) is 22.9. The number of benzene rings is 2.